The molecule has 0 saturated heterocycles. The summed E-state index contributed by atoms with van der Waals surface area (Å²) in [5, 5.41) is 12.1. The van der Waals surface area contributed by atoms with Crippen molar-refractivity contribution in [2.24, 2.45) is 7.05 Å². The third kappa shape index (κ3) is 4.08. The standard InChI is InChI=1S/C20H23N5OS/c1-25-17(23-24-19(25)14-9-5-4-6-10-14)13-18(26)22-20-21-15-11-7-2-3-8-12-16(15)27-20/h4-6,9-10H,2-3,7-8,11-13H2,1H3,(H,21,22,26). The number of anilines is 1. The highest BCUT2D eigenvalue weighted by Crippen LogP contribution is 2.28. The molecule has 27 heavy (non-hydrogen) atoms. The van der Waals surface area contributed by atoms with Crippen LogP contribution < -0.4 is 5.32 Å². The first kappa shape index (κ1) is 17.9. The molecular weight excluding hydrogens is 358 g/mol. The molecule has 2 heterocycles. The van der Waals surface area contributed by atoms with E-state index in [1.165, 1.54) is 36.3 Å². The highest BCUT2D eigenvalue weighted by Gasteiger charge is 2.17. The fourth-order valence-corrected chi connectivity index (χ4v) is 4.49. The van der Waals surface area contributed by atoms with Gasteiger partial charge in [0.1, 0.15) is 5.82 Å². The van der Waals surface area contributed by atoms with E-state index in [0.29, 0.717) is 11.0 Å². The lowest BCUT2D eigenvalue weighted by molar-refractivity contribution is -0.115. The van der Waals surface area contributed by atoms with Crippen LogP contribution in [0, 0.1) is 0 Å². The van der Waals surface area contributed by atoms with Gasteiger partial charge in [-0.3, -0.25) is 4.79 Å². The number of amides is 1. The fourth-order valence-electron chi connectivity index (χ4n) is 3.42. The summed E-state index contributed by atoms with van der Waals surface area (Å²) in [6.45, 7) is 0. The second-order valence-corrected chi connectivity index (χ2v) is 7.98. The van der Waals surface area contributed by atoms with Crippen molar-refractivity contribution < 1.29 is 4.79 Å². The van der Waals surface area contributed by atoms with Crippen LogP contribution >= 0.6 is 11.3 Å². The van der Waals surface area contributed by atoms with Crippen molar-refractivity contribution in [2.45, 2.75) is 44.9 Å². The summed E-state index contributed by atoms with van der Waals surface area (Å²) in [4.78, 5) is 18.5. The predicted molar refractivity (Wildman–Crippen MR) is 107 cm³/mol. The Morgan fingerprint density at radius 1 is 1.11 bits per heavy atom. The van der Waals surface area contributed by atoms with E-state index in [-0.39, 0.29) is 12.3 Å². The van der Waals surface area contributed by atoms with Gasteiger partial charge in [0.05, 0.1) is 12.1 Å². The molecule has 0 saturated carbocycles. The van der Waals surface area contributed by atoms with Gasteiger partial charge >= 0.3 is 0 Å². The van der Waals surface area contributed by atoms with Crippen LogP contribution in [0.3, 0.4) is 0 Å². The van der Waals surface area contributed by atoms with E-state index >= 15 is 0 Å². The zero-order chi connectivity index (χ0) is 18.6. The Labute approximate surface area is 162 Å². The molecule has 1 N–H and O–H groups in total. The van der Waals surface area contributed by atoms with Gasteiger partial charge in [-0.2, -0.15) is 0 Å². The lowest BCUT2D eigenvalue weighted by Gasteiger charge is -2.06. The normalized spacial score (nSPS) is 14.3. The molecule has 0 atom stereocenters. The summed E-state index contributed by atoms with van der Waals surface area (Å²) < 4.78 is 1.87. The Morgan fingerprint density at radius 2 is 1.89 bits per heavy atom. The predicted octanol–water partition coefficient (Wildman–Crippen LogP) is 3.78. The van der Waals surface area contributed by atoms with Gasteiger partial charge in [0.2, 0.25) is 5.91 Å². The van der Waals surface area contributed by atoms with Crippen LogP contribution in [0.15, 0.2) is 30.3 Å². The molecule has 0 bridgehead atoms. The van der Waals surface area contributed by atoms with Crippen LogP contribution in [0.4, 0.5) is 5.13 Å². The Kier molecular flexibility index (Phi) is 5.29. The van der Waals surface area contributed by atoms with Crippen molar-refractivity contribution in [3.05, 3.63) is 46.7 Å². The first-order valence-corrected chi connectivity index (χ1v) is 10.2. The maximum Gasteiger partial charge on any atom is 0.233 e. The number of nitrogens with zero attached hydrogens (tertiary/aromatic N) is 4. The number of carbonyl (C=O) groups is 1. The van der Waals surface area contributed by atoms with Gasteiger partial charge in [0, 0.05) is 17.5 Å². The quantitative estimate of drug-likeness (QED) is 0.746. The van der Waals surface area contributed by atoms with Gasteiger partial charge in [-0.1, -0.05) is 43.2 Å². The summed E-state index contributed by atoms with van der Waals surface area (Å²) in [7, 11) is 1.89. The number of carbonyl (C=O) groups excluding carboxylic acids is 1. The highest BCUT2D eigenvalue weighted by atomic mass is 32.1. The van der Waals surface area contributed by atoms with E-state index in [1.807, 2.05) is 41.9 Å². The lowest BCUT2D eigenvalue weighted by atomic mass is 10.0. The molecule has 0 spiro atoms. The third-order valence-electron chi connectivity index (χ3n) is 4.91. The number of fused-ring (bicyclic) bond motifs is 1. The number of thiazole rings is 1. The van der Waals surface area contributed by atoms with Crippen molar-refractivity contribution in [3.8, 4) is 11.4 Å². The van der Waals surface area contributed by atoms with E-state index in [0.717, 1.165) is 24.2 Å². The van der Waals surface area contributed by atoms with Crippen LogP contribution in [-0.4, -0.2) is 25.7 Å². The number of aromatic nitrogens is 4. The molecule has 2 aromatic heterocycles. The smallest absolute Gasteiger partial charge is 0.233 e. The summed E-state index contributed by atoms with van der Waals surface area (Å²) >= 11 is 1.62. The van der Waals surface area contributed by atoms with Gasteiger partial charge in [-0.05, 0) is 25.7 Å². The molecule has 3 aromatic rings. The van der Waals surface area contributed by atoms with E-state index in [1.54, 1.807) is 11.3 Å². The number of rotatable bonds is 4. The molecule has 0 unspecified atom stereocenters. The van der Waals surface area contributed by atoms with Gasteiger partial charge in [0.25, 0.3) is 0 Å². The number of aryl methyl sites for hydroxylation is 2. The first-order valence-electron chi connectivity index (χ1n) is 9.43. The Balaban J connectivity index is 1.44. The van der Waals surface area contributed by atoms with Crippen LogP contribution in [0.2, 0.25) is 0 Å². The van der Waals surface area contributed by atoms with Crippen molar-refractivity contribution in [1.82, 2.24) is 19.7 Å². The molecule has 140 valence electrons. The summed E-state index contributed by atoms with van der Waals surface area (Å²) in [6.07, 6.45) is 7.23. The van der Waals surface area contributed by atoms with Gasteiger partial charge < -0.3 is 9.88 Å². The van der Waals surface area contributed by atoms with Crippen LogP contribution in [0.5, 0.6) is 0 Å². The summed E-state index contributed by atoms with van der Waals surface area (Å²) in [6, 6.07) is 9.86. The van der Waals surface area contributed by atoms with Crippen LogP contribution in [0.25, 0.3) is 11.4 Å². The molecule has 0 fully saturated rings. The minimum Gasteiger partial charge on any atom is -0.314 e. The highest BCUT2D eigenvalue weighted by molar-refractivity contribution is 7.15. The number of hydrogen-bond acceptors (Lipinski definition) is 5. The minimum atomic E-state index is -0.105. The van der Waals surface area contributed by atoms with Crippen molar-refractivity contribution >= 4 is 22.4 Å². The Hall–Kier alpha value is -2.54. The second kappa shape index (κ2) is 8.00. The maximum atomic E-state index is 12.5. The second-order valence-electron chi connectivity index (χ2n) is 6.89. The van der Waals surface area contributed by atoms with Crippen molar-refractivity contribution in [2.75, 3.05) is 5.32 Å². The zero-order valence-corrected chi connectivity index (χ0v) is 16.3. The number of nitrogens with one attached hydrogen (secondary N) is 1. The monoisotopic (exact) mass is 381 g/mol. The molecule has 0 aliphatic heterocycles. The third-order valence-corrected chi connectivity index (χ3v) is 5.98. The summed E-state index contributed by atoms with van der Waals surface area (Å²) in [5.41, 5.74) is 2.15. The van der Waals surface area contributed by atoms with Gasteiger partial charge in [-0.25, -0.2) is 4.98 Å². The van der Waals surface area contributed by atoms with Crippen molar-refractivity contribution in [1.29, 1.82) is 0 Å². The fraction of sp³-hybridized carbons (Fsp3) is 0.400. The van der Waals surface area contributed by atoms with Crippen molar-refractivity contribution in [3.63, 3.8) is 0 Å². The maximum absolute atomic E-state index is 12.5. The van der Waals surface area contributed by atoms with Gasteiger partial charge in [0.15, 0.2) is 11.0 Å². The molecule has 6 nitrogen and oxygen atoms in total. The molecule has 7 heteroatoms. The molecule has 1 aromatic carbocycles. The van der Waals surface area contributed by atoms with Crippen LogP contribution in [-0.2, 0) is 31.1 Å². The summed E-state index contributed by atoms with van der Waals surface area (Å²) in [5.74, 6) is 1.30. The largest absolute Gasteiger partial charge is 0.314 e. The van der Waals surface area contributed by atoms with E-state index in [4.69, 9.17) is 0 Å². The lowest BCUT2D eigenvalue weighted by Crippen LogP contribution is -2.17. The molecule has 1 amide bonds. The molecule has 1 aliphatic carbocycles. The SMILES string of the molecule is Cn1c(CC(=O)Nc2nc3c(s2)CCCCCC3)nnc1-c1ccccc1. The first-order chi connectivity index (χ1) is 13.2. The van der Waals surface area contributed by atoms with Crippen LogP contribution in [0.1, 0.15) is 42.1 Å². The molecule has 1 aliphatic rings. The zero-order valence-electron chi connectivity index (χ0n) is 15.4. The van der Waals surface area contributed by atoms with E-state index in [9.17, 15) is 4.79 Å². The molecular formula is C20H23N5OS. The Morgan fingerprint density at radius 3 is 2.70 bits per heavy atom. The van der Waals surface area contributed by atoms with Gasteiger partial charge in [-0.15, -0.1) is 21.5 Å². The Bertz CT molecular complexity index is 906. The average Bonchev–Trinajstić information content (AvgIpc) is 3.19. The minimum absolute atomic E-state index is 0.105. The molecule has 4 rings (SSSR count). The number of hydrogen-bond donors (Lipinski definition) is 1. The topological polar surface area (TPSA) is 72.7 Å². The molecule has 0 radical (unpaired) electrons. The number of benzene rings is 1. The average molecular weight is 382 g/mol. The van der Waals surface area contributed by atoms with E-state index < -0.39 is 0 Å². The van der Waals surface area contributed by atoms with E-state index in [2.05, 4.69) is 20.5 Å².